The van der Waals surface area contributed by atoms with Crippen LogP contribution in [0.2, 0.25) is 0 Å². The van der Waals surface area contributed by atoms with E-state index in [2.05, 4.69) is 0 Å². The van der Waals surface area contributed by atoms with Crippen LogP contribution in [-0.2, 0) is 17.8 Å². The fraction of sp³-hybridized carbons (Fsp3) is 0.375. The lowest BCUT2D eigenvalue weighted by Gasteiger charge is -2.32. The average Bonchev–Trinajstić information content (AvgIpc) is 2.56. The van der Waals surface area contributed by atoms with Crippen LogP contribution in [0.4, 0.5) is 65.9 Å². The van der Waals surface area contributed by atoms with Crippen LogP contribution in [0.1, 0.15) is 16.7 Å². The molecule has 0 aliphatic carbocycles. The smallest absolute Gasteiger partial charge is 0.191 e. The van der Waals surface area contributed by atoms with E-state index in [1.807, 2.05) is 0 Å². The SMILES string of the molecule is FC(F)(F)C(F)(F)c1[c]c2ccccc2c(C(F)(F)C(F)(F)F)c1C(F)(F)C(F)(F)F. The Morgan fingerprint density at radius 1 is 0.484 bits per heavy atom. The Morgan fingerprint density at radius 2 is 0.871 bits per heavy atom. The molecule has 15 heteroatoms. The van der Waals surface area contributed by atoms with E-state index in [1.165, 1.54) is 0 Å². The van der Waals surface area contributed by atoms with Gasteiger partial charge < -0.3 is 0 Å². The lowest BCUT2D eigenvalue weighted by molar-refractivity contribution is -0.308. The van der Waals surface area contributed by atoms with Crippen molar-refractivity contribution in [2.75, 3.05) is 0 Å². The lowest BCUT2D eigenvalue weighted by Crippen LogP contribution is -2.44. The summed E-state index contributed by atoms with van der Waals surface area (Å²) in [6.07, 6.45) is -21.0. The monoisotopic (exact) mass is 481 g/mol. The number of alkyl halides is 15. The molecular weight excluding hydrogens is 477 g/mol. The Kier molecular flexibility index (Phi) is 5.48. The maximum atomic E-state index is 14.1. The predicted molar refractivity (Wildman–Crippen MR) is 72.6 cm³/mol. The molecule has 2 rings (SSSR count). The second-order valence-electron chi connectivity index (χ2n) is 6.01. The summed E-state index contributed by atoms with van der Waals surface area (Å²) in [6.45, 7) is 0. The van der Waals surface area contributed by atoms with Crippen molar-refractivity contribution >= 4 is 10.8 Å². The van der Waals surface area contributed by atoms with Crippen LogP contribution in [-0.4, -0.2) is 18.5 Å². The molecule has 0 bridgehead atoms. The lowest BCUT2D eigenvalue weighted by atomic mass is 9.84. The van der Waals surface area contributed by atoms with Gasteiger partial charge in [0.15, 0.2) is 0 Å². The van der Waals surface area contributed by atoms with E-state index in [0.29, 0.717) is 18.2 Å². The van der Waals surface area contributed by atoms with E-state index < -0.39 is 63.8 Å². The Labute approximate surface area is 161 Å². The van der Waals surface area contributed by atoms with Crippen molar-refractivity contribution in [3.63, 3.8) is 0 Å². The van der Waals surface area contributed by atoms with Gasteiger partial charge in [-0.2, -0.15) is 65.9 Å². The zero-order valence-corrected chi connectivity index (χ0v) is 14.0. The molecule has 0 spiro atoms. The first-order valence-corrected chi connectivity index (χ1v) is 7.41. The van der Waals surface area contributed by atoms with Gasteiger partial charge in [-0.1, -0.05) is 24.3 Å². The molecule has 0 aliphatic rings. The zero-order chi connectivity index (χ0) is 24.4. The number of benzene rings is 2. The molecule has 0 amide bonds. The van der Waals surface area contributed by atoms with Crippen LogP contribution >= 0.6 is 0 Å². The third-order valence-corrected chi connectivity index (χ3v) is 3.97. The van der Waals surface area contributed by atoms with E-state index in [0.717, 1.165) is 6.07 Å². The van der Waals surface area contributed by atoms with Crippen molar-refractivity contribution in [2.24, 2.45) is 0 Å². The Balaban J connectivity index is 3.29. The molecular formula is C16H4F15. The largest absolute Gasteiger partial charge is 0.458 e. The molecule has 0 unspecified atom stereocenters. The van der Waals surface area contributed by atoms with Gasteiger partial charge >= 0.3 is 36.3 Å². The van der Waals surface area contributed by atoms with E-state index in [9.17, 15) is 65.9 Å². The summed E-state index contributed by atoms with van der Waals surface area (Å²) in [5.41, 5.74) is -10.8. The van der Waals surface area contributed by atoms with Crippen molar-refractivity contribution in [3.05, 3.63) is 47.0 Å². The van der Waals surface area contributed by atoms with E-state index >= 15 is 0 Å². The van der Waals surface area contributed by atoms with Gasteiger partial charge in [0.25, 0.3) is 0 Å². The number of fused-ring (bicyclic) bond motifs is 1. The van der Waals surface area contributed by atoms with Gasteiger partial charge in [-0.15, -0.1) is 0 Å². The van der Waals surface area contributed by atoms with Crippen LogP contribution in [0, 0.1) is 6.07 Å². The Bertz CT molecular complexity index is 975. The summed E-state index contributed by atoms with van der Waals surface area (Å²) in [4.78, 5) is 0. The Hall–Kier alpha value is -2.35. The van der Waals surface area contributed by atoms with Crippen molar-refractivity contribution in [3.8, 4) is 0 Å². The van der Waals surface area contributed by atoms with Crippen LogP contribution in [0.5, 0.6) is 0 Å². The maximum absolute atomic E-state index is 14.1. The molecule has 31 heavy (non-hydrogen) atoms. The molecule has 173 valence electrons. The van der Waals surface area contributed by atoms with Crippen molar-refractivity contribution < 1.29 is 65.9 Å². The van der Waals surface area contributed by atoms with Crippen molar-refractivity contribution in [1.82, 2.24) is 0 Å². The molecule has 0 N–H and O–H groups in total. The van der Waals surface area contributed by atoms with Gasteiger partial charge in [0.05, 0.1) is 5.56 Å². The highest BCUT2D eigenvalue weighted by Gasteiger charge is 2.70. The highest BCUT2D eigenvalue weighted by Crippen LogP contribution is 2.58. The fourth-order valence-electron chi connectivity index (χ4n) is 2.57. The van der Waals surface area contributed by atoms with Crippen LogP contribution < -0.4 is 0 Å². The van der Waals surface area contributed by atoms with Gasteiger partial charge in [-0.3, -0.25) is 0 Å². The molecule has 0 aliphatic heterocycles. The third-order valence-electron chi connectivity index (χ3n) is 3.97. The number of rotatable bonds is 3. The first-order chi connectivity index (χ1) is 13.6. The van der Waals surface area contributed by atoms with Crippen molar-refractivity contribution in [2.45, 2.75) is 36.3 Å². The first-order valence-electron chi connectivity index (χ1n) is 7.41. The van der Waals surface area contributed by atoms with Gasteiger partial charge in [-0.25, -0.2) is 0 Å². The number of hydrogen-bond acceptors (Lipinski definition) is 0. The summed E-state index contributed by atoms with van der Waals surface area (Å²) >= 11 is 0. The highest BCUT2D eigenvalue weighted by molar-refractivity contribution is 5.88. The number of hydrogen-bond donors (Lipinski definition) is 0. The molecule has 0 nitrogen and oxygen atoms in total. The summed E-state index contributed by atoms with van der Waals surface area (Å²) in [7, 11) is 0. The quantitative estimate of drug-likeness (QED) is 0.396. The minimum atomic E-state index is -7.13. The minimum Gasteiger partial charge on any atom is -0.191 e. The number of halogens is 15. The topological polar surface area (TPSA) is 0 Å². The highest BCUT2D eigenvalue weighted by atomic mass is 19.4. The van der Waals surface area contributed by atoms with E-state index in [4.69, 9.17) is 0 Å². The molecule has 0 fully saturated rings. The van der Waals surface area contributed by atoms with Crippen LogP contribution in [0.15, 0.2) is 24.3 Å². The van der Waals surface area contributed by atoms with Gasteiger partial charge in [0, 0.05) is 17.2 Å². The summed E-state index contributed by atoms with van der Waals surface area (Å²) < 4.78 is 199. The molecule has 2 aromatic rings. The van der Waals surface area contributed by atoms with Crippen molar-refractivity contribution in [1.29, 1.82) is 0 Å². The maximum Gasteiger partial charge on any atom is 0.458 e. The minimum absolute atomic E-state index is 0.117. The molecule has 0 atom stereocenters. The standard InChI is InChI=1S/C16H4F15/c17-11(18,14(23,24)25)8-5-6-3-1-2-4-7(6)9(12(19,20)15(26,27)28)10(8)13(21,22)16(29,30)31/h1-4H. The summed E-state index contributed by atoms with van der Waals surface area (Å²) in [5.74, 6) is -20.4. The van der Waals surface area contributed by atoms with Gasteiger partial charge in [0.2, 0.25) is 0 Å². The fourth-order valence-corrected chi connectivity index (χ4v) is 2.57. The molecule has 0 heterocycles. The average molecular weight is 481 g/mol. The molecule has 0 saturated carbocycles. The molecule has 2 aromatic carbocycles. The second kappa shape index (κ2) is 6.82. The van der Waals surface area contributed by atoms with E-state index in [1.54, 1.807) is 0 Å². The second-order valence-corrected chi connectivity index (χ2v) is 6.01. The molecule has 0 aromatic heterocycles. The van der Waals surface area contributed by atoms with Gasteiger partial charge in [-0.05, 0) is 10.8 Å². The zero-order valence-electron chi connectivity index (χ0n) is 14.0. The van der Waals surface area contributed by atoms with Crippen LogP contribution in [0.25, 0.3) is 10.8 Å². The summed E-state index contributed by atoms with van der Waals surface area (Å²) in [6, 6.07) is 2.54. The summed E-state index contributed by atoms with van der Waals surface area (Å²) in [5, 5.41) is -3.20. The van der Waals surface area contributed by atoms with Gasteiger partial charge in [0.1, 0.15) is 0 Å². The molecule has 1 radical (unpaired) electrons. The van der Waals surface area contributed by atoms with Crippen LogP contribution in [0.3, 0.4) is 0 Å². The predicted octanol–water partition coefficient (Wildman–Crippen LogP) is 7.60. The Morgan fingerprint density at radius 3 is 1.29 bits per heavy atom. The van der Waals surface area contributed by atoms with E-state index in [-0.39, 0.29) is 6.07 Å². The first kappa shape index (κ1) is 24.9. The third kappa shape index (κ3) is 3.75. The molecule has 0 saturated heterocycles. The normalized spacial score (nSPS) is 14.9.